The van der Waals surface area contributed by atoms with E-state index in [4.69, 9.17) is 4.74 Å². The van der Waals surface area contributed by atoms with Crippen LogP contribution in [-0.4, -0.2) is 10.1 Å². The maximum absolute atomic E-state index is 12.8. The first kappa shape index (κ1) is 14.3. The lowest BCUT2D eigenvalue weighted by molar-refractivity contribution is 0.451. The minimum absolute atomic E-state index is 0.0818. The quantitative estimate of drug-likeness (QED) is 0.772. The van der Waals surface area contributed by atoms with Gasteiger partial charge in [-0.1, -0.05) is 23.5 Å². The van der Waals surface area contributed by atoms with Crippen molar-refractivity contribution in [2.24, 2.45) is 0 Å². The fourth-order valence-electron chi connectivity index (χ4n) is 1.97. The fourth-order valence-corrected chi connectivity index (χ4v) is 2.73. The Labute approximate surface area is 129 Å². The van der Waals surface area contributed by atoms with Gasteiger partial charge < -0.3 is 9.84 Å². The number of aromatic hydroxyl groups is 1. The number of rotatable bonds is 4. The van der Waals surface area contributed by atoms with E-state index in [1.54, 1.807) is 24.3 Å². The van der Waals surface area contributed by atoms with Crippen molar-refractivity contribution in [3.63, 3.8) is 0 Å². The molecule has 2 aromatic carbocycles. The fraction of sp³-hybridized carbons (Fsp3) is 0.0625. The van der Waals surface area contributed by atoms with Gasteiger partial charge in [0.25, 0.3) is 0 Å². The Balaban J connectivity index is 1.71. The molecule has 0 fully saturated rings. The number of benzene rings is 2. The summed E-state index contributed by atoms with van der Waals surface area (Å²) in [6.07, 6.45) is 0.464. The highest BCUT2D eigenvalue weighted by atomic mass is 32.1. The molecule has 0 unspecified atom stereocenters. The molecule has 3 rings (SSSR count). The Bertz CT molecular complexity index is 822. The highest BCUT2D eigenvalue weighted by Crippen LogP contribution is 2.24. The Hall–Kier alpha value is -2.60. The summed E-state index contributed by atoms with van der Waals surface area (Å²) in [6, 6.07) is 13.0. The van der Waals surface area contributed by atoms with Gasteiger partial charge in [0.1, 0.15) is 17.3 Å². The summed E-state index contributed by atoms with van der Waals surface area (Å²) in [4.78, 5) is 13.8. The number of ether oxygens (including phenoxy) is 1. The van der Waals surface area contributed by atoms with Crippen LogP contribution < -0.4 is 9.61 Å². The third-order valence-electron chi connectivity index (χ3n) is 3.04. The van der Waals surface area contributed by atoms with Crippen LogP contribution in [0.25, 0.3) is 0 Å². The minimum atomic E-state index is -0.312. The van der Waals surface area contributed by atoms with Crippen molar-refractivity contribution < 1.29 is 14.2 Å². The molecule has 0 aliphatic carbocycles. The van der Waals surface area contributed by atoms with Gasteiger partial charge in [-0.3, -0.25) is 9.78 Å². The van der Waals surface area contributed by atoms with Crippen LogP contribution >= 0.6 is 11.3 Å². The second-order valence-electron chi connectivity index (χ2n) is 4.66. The van der Waals surface area contributed by atoms with Gasteiger partial charge in [-0.05, 0) is 42.0 Å². The Kier molecular flexibility index (Phi) is 3.93. The zero-order valence-electron chi connectivity index (χ0n) is 11.4. The van der Waals surface area contributed by atoms with E-state index in [2.05, 4.69) is 4.98 Å². The van der Waals surface area contributed by atoms with E-state index in [1.165, 1.54) is 12.1 Å². The van der Waals surface area contributed by atoms with Gasteiger partial charge >= 0.3 is 4.87 Å². The van der Waals surface area contributed by atoms with E-state index in [-0.39, 0.29) is 16.6 Å². The zero-order valence-corrected chi connectivity index (χ0v) is 12.2. The number of H-pyrrole nitrogens is 1. The molecule has 0 bridgehead atoms. The molecule has 4 nitrogen and oxygen atoms in total. The van der Waals surface area contributed by atoms with E-state index >= 15 is 0 Å². The number of halogens is 1. The van der Waals surface area contributed by atoms with Crippen LogP contribution in [-0.2, 0) is 6.42 Å². The number of aromatic nitrogens is 1. The molecule has 0 saturated carbocycles. The predicted molar refractivity (Wildman–Crippen MR) is 82.3 cm³/mol. The van der Waals surface area contributed by atoms with Crippen molar-refractivity contribution in [3.8, 4) is 17.4 Å². The van der Waals surface area contributed by atoms with Crippen molar-refractivity contribution in [2.75, 3.05) is 0 Å². The van der Waals surface area contributed by atoms with Crippen molar-refractivity contribution in [1.29, 1.82) is 0 Å². The minimum Gasteiger partial charge on any atom is -0.494 e. The number of nitrogens with one attached hydrogen (secondary N) is 1. The first-order valence-corrected chi connectivity index (χ1v) is 7.35. The van der Waals surface area contributed by atoms with Crippen molar-refractivity contribution in [1.82, 2.24) is 4.98 Å². The van der Waals surface area contributed by atoms with Gasteiger partial charge in [-0.25, -0.2) is 4.39 Å². The van der Waals surface area contributed by atoms with Gasteiger partial charge in [0, 0.05) is 6.42 Å². The Morgan fingerprint density at radius 1 is 1.05 bits per heavy atom. The van der Waals surface area contributed by atoms with Crippen LogP contribution in [0.5, 0.6) is 17.4 Å². The Morgan fingerprint density at radius 3 is 2.18 bits per heavy atom. The average Bonchev–Trinajstić information content (AvgIpc) is 2.81. The molecule has 0 aliphatic heterocycles. The topological polar surface area (TPSA) is 62.3 Å². The molecule has 0 atom stereocenters. The van der Waals surface area contributed by atoms with Gasteiger partial charge in [0.05, 0.1) is 4.88 Å². The summed E-state index contributed by atoms with van der Waals surface area (Å²) in [5.74, 6) is 0.784. The highest BCUT2D eigenvalue weighted by molar-refractivity contribution is 7.09. The van der Waals surface area contributed by atoms with E-state index in [0.29, 0.717) is 22.8 Å². The number of aromatic amines is 1. The molecule has 0 saturated heterocycles. The van der Waals surface area contributed by atoms with Crippen LogP contribution in [0.15, 0.2) is 53.3 Å². The van der Waals surface area contributed by atoms with Crippen molar-refractivity contribution in [3.05, 3.63) is 74.5 Å². The summed E-state index contributed by atoms with van der Waals surface area (Å²) in [5, 5.41) is 9.56. The van der Waals surface area contributed by atoms with Gasteiger partial charge in [-0.2, -0.15) is 0 Å². The van der Waals surface area contributed by atoms with Crippen LogP contribution in [0.1, 0.15) is 10.4 Å². The third-order valence-corrected chi connectivity index (χ3v) is 3.91. The SMILES string of the molecule is O=c1[nH]c(O)c(Cc2ccc(Oc3ccc(F)cc3)cc2)s1. The molecular formula is C16H12FNO3S. The van der Waals surface area contributed by atoms with Crippen LogP contribution in [0.3, 0.4) is 0 Å². The summed E-state index contributed by atoms with van der Waals surface area (Å²) >= 11 is 0.989. The maximum atomic E-state index is 12.8. The molecule has 2 N–H and O–H groups in total. The predicted octanol–water partition coefficient (Wildman–Crippen LogP) is 3.66. The molecule has 0 spiro atoms. The van der Waals surface area contributed by atoms with Gasteiger partial charge in [0.15, 0.2) is 0 Å². The van der Waals surface area contributed by atoms with E-state index in [1.807, 2.05) is 12.1 Å². The second kappa shape index (κ2) is 6.03. The standard InChI is InChI=1S/C16H12FNO3S/c17-11-3-7-13(8-4-11)21-12-5-1-10(2-6-12)9-14-15(19)18-16(20)22-14/h1-8,19H,9H2,(H,18,20). The van der Waals surface area contributed by atoms with E-state index in [0.717, 1.165) is 16.9 Å². The number of hydrogen-bond donors (Lipinski definition) is 2. The number of hydrogen-bond acceptors (Lipinski definition) is 4. The summed E-state index contributed by atoms with van der Waals surface area (Å²) in [6.45, 7) is 0. The molecular weight excluding hydrogens is 305 g/mol. The normalized spacial score (nSPS) is 10.6. The van der Waals surface area contributed by atoms with Crippen LogP contribution in [0, 0.1) is 5.82 Å². The summed E-state index contributed by atoms with van der Waals surface area (Å²) in [5.41, 5.74) is 0.942. The zero-order chi connectivity index (χ0) is 15.5. The molecule has 0 radical (unpaired) electrons. The largest absolute Gasteiger partial charge is 0.494 e. The van der Waals surface area contributed by atoms with Gasteiger partial charge in [0.2, 0.25) is 5.88 Å². The lowest BCUT2D eigenvalue weighted by Crippen LogP contribution is -1.89. The molecule has 0 amide bonds. The summed E-state index contributed by atoms with van der Waals surface area (Å²) < 4.78 is 18.4. The molecule has 6 heteroatoms. The second-order valence-corrected chi connectivity index (χ2v) is 5.73. The molecule has 112 valence electrons. The molecule has 3 aromatic rings. The molecule has 0 aliphatic rings. The first-order chi connectivity index (χ1) is 10.6. The average molecular weight is 317 g/mol. The molecule has 1 heterocycles. The third kappa shape index (κ3) is 3.35. The van der Waals surface area contributed by atoms with Crippen LogP contribution in [0.2, 0.25) is 0 Å². The van der Waals surface area contributed by atoms with E-state index < -0.39 is 0 Å². The number of thiazole rings is 1. The smallest absolute Gasteiger partial charge is 0.307 e. The Morgan fingerprint density at radius 2 is 1.64 bits per heavy atom. The van der Waals surface area contributed by atoms with Crippen LogP contribution in [0.4, 0.5) is 4.39 Å². The summed E-state index contributed by atoms with van der Waals surface area (Å²) in [7, 11) is 0. The van der Waals surface area contributed by atoms with Gasteiger partial charge in [-0.15, -0.1) is 0 Å². The lowest BCUT2D eigenvalue weighted by atomic mass is 10.1. The van der Waals surface area contributed by atoms with Crippen molar-refractivity contribution in [2.45, 2.75) is 6.42 Å². The highest BCUT2D eigenvalue weighted by Gasteiger charge is 2.07. The first-order valence-electron chi connectivity index (χ1n) is 6.53. The molecule has 22 heavy (non-hydrogen) atoms. The monoisotopic (exact) mass is 317 g/mol. The lowest BCUT2D eigenvalue weighted by Gasteiger charge is -2.06. The van der Waals surface area contributed by atoms with E-state index in [9.17, 15) is 14.3 Å². The molecule has 1 aromatic heterocycles. The van der Waals surface area contributed by atoms with Crippen molar-refractivity contribution >= 4 is 11.3 Å². The maximum Gasteiger partial charge on any atom is 0.307 e.